The largest absolute Gasteiger partial charge is 0.274 e. The van der Waals surface area contributed by atoms with Crippen molar-refractivity contribution in [2.24, 2.45) is 0 Å². The minimum Gasteiger partial charge on any atom is -0.274 e. The maximum Gasteiger partial charge on any atom is 0.261 e. The standard InChI is InChI=1S/C17H11Cl2NO2/c18-13-5-3-6-14(10-13)20-16(21)9-12(17(20)22)8-11-4-1-2-7-15(11)19/h1-8,10H,9H2/b12-8+. The predicted molar refractivity (Wildman–Crippen MR) is 88.0 cm³/mol. The van der Waals surface area contributed by atoms with Crippen LogP contribution in [0.1, 0.15) is 12.0 Å². The fourth-order valence-electron chi connectivity index (χ4n) is 2.34. The molecule has 2 amide bonds. The van der Waals surface area contributed by atoms with E-state index < -0.39 is 0 Å². The minimum atomic E-state index is -0.341. The maximum absolute atomic E-state index is 12.5. The molecule has 1 saturated heterocycles. The van der Waals surface area contributed by atoms with Crippen LogP contribution in [0.15, 0.2) is 54.1 Å². The minimum absolute atomic E-state index is 0.0522. The van der Waals surface area contributed by atoms with Gasteiger partial charge in [-0.3, -0.25) is 9.59 Å². The Hall–Kier alpha value is -2.10. The third-order valence-corrected chi connectivity index (χ3v) is 3.95. The van der Waals surface area contributed by atoms with Gasteiger partial charge in [0.15, 0.2) is 0 Å². The second-order valence-electron chi connectivity index (χ2n) is 4.88. The number of anilines is 1. The second kappa shape index (κ2) is 5.95. The van der Waals surface area contributed by atoms with Crippen molar-refractivity contribution in [2.45, 2.75) is 6.42 Å². The lowest BCUT2D eigenvalue weighted by molar-refractivity contribution is -0.120. The van der Waals surface area contributed by atoms with Crippen molar-refractivity contribution in [2.75, 3.05) is 4.90 Å². The van der Waals surface area contributed by atoms with Crippen molar-refractivity contribution < 1.29 is 9.59 Å². The van der Waals surface area contributed by atoms with Crippen molar-refractivity contribution >= 4 is 46.8 Å². The van der Waals surface area contributed by atoms with Crippen LogP contribution >= 0.6 is 23.2 Å². The van der Waals surface area contributed by atoms with Crippen molar-refractivity contribution in [3.8, 4) is 0 Å². The number of carbonyl (C=O) groups excluding carboxylic acids is 2. The number of hydrogen-bond donors (Lipinski definition) is 0. The van der Waals surface area contributed by atoms with Gasteiger partial charge in [-0.1, -0.05) is 47.5 Å². The van der Waals surface area contributed by atoms with Crippen LogP contribution in [0.2, 0.25) is 10.0 Å². The van der Waals surface area contributed by atoms with E-state index in [1.165, 1.54) is 0 Å². The summed E-state index contributed by atoms with van der Waals surface area (Å²) >= 11 is 12.0. The second-order valence-corrected chi connectivity index (χ2v) is 5.73. The van der Waals surface area contributed by atoms with Gasteiger partial charge in [0.2, 0.25) is 5.91 Å². The molecule has 3 rings (SSSR count). The zero-order valence-electron chi connectivity index (χ0n) is 11.4. The van der Waals surface area contributed by atoms with Gasteiger partial charge in [-0.25, -0.2) is 4.90 Å². The molecule has 0 aliphatic carbocycles. The predicted octanol–water partition coefficient (Wildman–Crippen LogP) is 4.34. The summed E-state index contributed by atoms with van der Waals surface area (Å²) < 4.78 is 0. The molecule has 1 fully saturated rings. The number of hydrogen-bond acceptors (Lipinski definition) is 2. The molecule has 2 aromatic rings. The third-order valence-electron chi connectivity index (χ3n) is 3.37. The summed E-state index contributed by atoms with van der Waals surface area (Å²) in [7, 11) is 0. The Kier molecular flexibility index (Phi) is 4.01. The molecule has 2 aromatic carbocycles. The van der Waals surface area contributed by atoms with Crippen LogP contribution < -0.4 is 4.90 Å². The fraction of sp³-hybridized carbons (Fsp3) is 0.0588. The van der Waals surface area contributed by atoms with E-state index in [1.54, 1.807) is 42.5 Å². The molecule has 110 valence electrons. The van der Waals surface area contributed by atoms with E-state index in [1.807, 2.05) is 12.1 Å². The zero-order chi connectivity index (χ0) is 15.7. The van der Waals surface area contributed by atoms with Gasteiger partial charge in [0.25, 0.3) is 5.91 Å². The van der Waals surface area contributed by atoms with Crippen LogP contribution in [-0.2, 0) is 9.59 Å². The Morgan fingerprint density at radius 1 is 1.00 bits per heavy atom. The Balaban J connectivity index is 1.97. The van der Waals surface area contributed by atoms with Crippen LogP contribution in [0, 0.1) is 0 Å². The van der Waals surface area contributed by atoms with Gasteiger partial charge in [0.1, 0.15) is 0 Å². The van der Waals surface area contributed by atoms with Gasteiger partial charge in [0.05, 0.1) is 12.1 Å². The highest BCUT2D eigenvalue weighted by molar-refractivity contribution is 6.34. The number of nitrogens with zero attached hydrogens (tertiary/aromatic N) is 1. The molecule has 0 unspecified atom stereocenters. The highest BCUT2D eigenvalue weighted by Crippen LogP contribution is 2.30. The molecule has 0 radical (unpaired) electrons. The van der Waals surface area contributed by atoms with Crippen LogP contribution in [0.3, 0.4) is 0 Å². The van der Waals surface area contributed by atoms with E-state index in [-0.39, 0.29) is 18.2 Å². The number of benzene rings is 2. The maximum atomic E-state index is 12.5. The van der Waals surface area contributed by atoms with E-state index in [2.05, 4.69) is 0 Å². The van der Waals surface area contributed by atoms with Gasteiger partial charge in [-0.15, -0.1) is 0 Å². The van der Waals surface area contributed by atoms with Crippen LogP contribution in [0.4, 0.5) is 5.69 Å². The fourth-order valence-corrected chi connectivity index (χ4v) is 2.72. The Bertz CT molecular complexity index is 799. The van der Waals surface area contributed by atoms with Crippen LogP contribution in [0.25, 0.3) is 6.08 Å². The first-order valence-electron chi connectivity index (χ1n) is 6.64. The number of rotatable bonds is 2. The monoisotopic (exact) mass is 331 g/mol. The molecule has 0 atom stereocenters. The normalized spacial score (nSPS) is 16.6. The van der Waals surface area contributed by atoms with Gasteiger partial charge in [-0.05, 0) is 35.9 Å². The molecular formula is C17H11Cl2NO2. The summed E-state index contributed by atoms with van der Waals surface area (Å²) in [5, 5.41) is 1.01. The summed E-state index contributed by atoms with van der Waals surface area (Å²) in [5.74, 6) is -0.613. The Morgan fingerprint density at radius 2 is 1.77 bits per heavy atom. The lowest BCUT2D eigenvalue weighted by Gasteiger charge is -2.13. The molecule has 0 N–H and O–H groups in total. The molecule has 1 heterocycles. The lowest BCUT2D eigenvalue weighted by atomic mass is 10.1. The average Bonchev–Trinajstić information content (AvgIpc) is 2.76. The number of imide groups is 1. The molecule has 1 aliphatic rings. The van der Waals surface area contributed by atoms with E-state index in [4.69, 9.17) is 23.2 Å². The average molecular weight is 332 g/mol. The first-order valence-corrected chi connectivity index (χ1v) is 7.40. The number of amides is 2. The molecule has 22 heavy (non-hydrogen) atoms. The zero-order valence-corrected chi connectivity index (χ0v) is 12.9. The van der Waals surface area contributed by atoms with Crippen molar-refractivity contribution in [1.82, 2.24) is 0 Å². The van der Waals surface area contributed by atoms with E-state index >= 15 is 0 Å². The highest BCUT2D eigenvalue weighted by atomic mass is 35.5. The summed E-state index contributed by atoms with van der Waals surface area (Å²) in [4.78, 5) is 25.8. The van der Waals surface area contributed by atoms with Gasteiger partial charge in [0, 0.05) is 15.6 Å². The summed E-state index contributed by atoms with van der Waals surface area (Å²) in [6.45, 7) is 0. The molecule has 0 bridgehead atoms. The third kappa shape index (κ3) is 2.78. The smallest absolute Gasteiger partial charge is 0.261 e. The first kappa shape index (κ1) is 14.8. The van der Waals surface area contributed by atoms with Gasteiger partial charge >= 0.3 is 0 Å². The van der Waals surface area contributed by atoms with Crippen molar-refractivity contribution in [3.63, 3.8) is 0 Å². The van der Waals surface area contributed by atoms with Crippen LogP contribution in [-0.4, -0.2) is 11.8 Å². The topological polar surface area (TPSA) is 37.4 Å². The van der Waals surface area contributed by atoms with Gasteiger partial charge in [-0.2, -0.15) is 0 Å². The quantitative estimate of drug-likeness (QED) is 0.606. The first-order chi connectivity index (χ1) is 10.6. The Labute approximate surface area is 137 Å². The lowest BCUT2D eigenvalue weighted by Crippen LogP contribution is -2.28. The highest BCUT2D eigenvalue weighted by Gasteiger charge is 2.35. The summed E-state index contributed by atoms with van der Waals surface area (Å²) in [6, 6.07) is 13.8. The Morgan fingerprint density at radius 3 is 2.50 bits per heavy atom. The van der Waals surface area contributed by atoms with Crippen molar-refractivity contribution in [3.05, 3.63) is 69.7 Å². The number of halogens is 2. The molecule has 3 nitrogen and oxygen atoms in total. The van der Waals surface area contributed by atoms with Gasteiger partial charge < -0.3 is 0 Å². The molecule has 1 aliphatic heterocycles. The molecule has 0 aromatic heterocycles. The van der Waals surface area contributed by atoms with E-state index in [9.17, 15) is 9.59 Å². The number of carbonyl (C=O) groups is 2. The molecular weight excluding hydrogens is 321 g/mol. The SMILES string of the molecule is O=C1C/C(=C\c2ccccc2Cl)C(=O)N1c1cccc(Cl)c1. The summed E-state index contributed by atoms with van der Waals surface area (Å²) in [6.07, 6.45) is 1.71. The molecule has 5 heteroatoms. The van der Waals surface area contributed by atoms with Crippen molar-refractivity contribution in [1.29, 1.82) is 0 Å². The van der Waals surface area contributed by atoms with Crippen LogP contribution in [0.5, 0.6) is 0 Å². The molecule has 0 spiro atoms. The van der Waals surface area contributed by atoms with E-state index in [0.29, 0.717) is 26.9 Å². The molecule has 0 saturated carbocycles. The van der Waals surface area contributed by atoms with E-state index in [0.717, 1.165) is 4.90 Å². The summed E-state index contributed by atoms with van der Waals surface area (Å²) in [5.41, 5.74) is 1.61.